The topological polar surface area (TPSA) is 103 Å². The van der Waals surface area contributed by atoms with E-state index in [1.807, 2.05) is 0 Å². The van der Waals surface area contributed by atoms with Crippen LogP contribution in [0.25, 0.3) is 0 Å². The minimum atomic E-state index is -4.47. The largest absolute Gasteiger partial charge is 1.00 e. The Labute approximate surface area is 145 Å². The number of rotatable bonds is 12. The maximum absolute atomic E-state index is 11.3. The first kappa shape index (κ1) is 23.1. The van der Waals surface area contributed by atoms with Crippen molar-refractivity contribution < 1.29 is 50.9 Å². The molecule has 0 aromatic rings. The molecule has 0 aliphatic rings. The fraction of sp³-hybridized carbons (Fsp3) is 1.00. The Hall–Kier alpha value is 0.820. The molecule has 0 spiro atoms. The summed E-state index contributed by atoms with van der Waals surface area (Å²) in [5.41, 5.74) is 0. The van der Waals surface area contributed by atoms with Crippen LogP contribution in [-0.4, -0.2) is 39.4 Å². The molecule has 0 amide bonds. The molecule has 0 aliphatic carbocycles. The van der Waals surface area contributed by atoms with Gasteiger partial charge in [0.1, 0.15) is 0 Å². The third kappa shape index (κ3) is 16.9. The Morgan fingerprint density at radius 2 is 1.35 bits per heavy atom. The van der Waals surface area contributed by atoms with Crippen molar-refractivity contribution in [2.75, 3.05) is 18.1 Å². The van der Waals surface area contributed by atoms with Crippen molar-refractivity contribution in [3.63, 3.8) is 0 Å². The van der Waals surface area contributed by atoms with Crippen LogP contribution in [0.4, 0.5) is 0 Å². The zero-order valence-electron chi connectivity index (χ0n) is 12.4. The van der Waals surface area contributed by atoms with Gasteiger partial charge in [0.2, 0.25) is 10.0 Å². The summed E-state index contributed by atoms with van der Waals surface area (Å²) >= 11 is 0. The van der Waals surface area contributed by atoms with Crippen molar-refractivity contribution in [1.82, 2.24) is 4.72 Å². The molecule has 9 heteroatoms. The van der Waals surface area contributed by atoms with Crippen molar-refractivity contribution in [1.29, 1.82) is 0 Å². The van der Waals surface area contributed by atoms with Crippen molar-refractivity contribution >= 4 is 20.1 Å². The number of nitrogens with one attached hydrogen (secondary N) is 1. The summed E-state index contributed by atoms with van der Waals surface area (Å²) in [7, 11) is -8.12. The van der Waals surface area contributed by atoms with E-state index in [9.17, 15) is 21.4 Å². The van der Waals surface area contributed by atoms with E-state index in [0.717, 1.165) is 25.7 Å². The van der Waals surface area contributed by atoms with E-state index < -0.39 is 31.6 Å². The second-order valence-electron chi connectivity index (χ2n) is 4.60. The number of hydrogen-bond donors (Lipinski definition) is 1. The van der Waals surface area contributed by atoms with E-state index >= 15 is 0 Å². The average Bonchev–Trinajstić information content (AvgIpc) is 2.29. The summed E-state index contributed by atoms with van der Waals surface area (Å²) in [5, 5.41) is 0. The fourth-order valence-corrected chi connectivity index (χ4v) is 3.89. The second kappa shape index (κ2) is 12.4. The van der Waals surface area contributed by atoms with Gasteiger partial charge in [-0.2, -0.15) is 0 Å². The molecule has 0 aromatic heterocycles. The number of sulfonamides is 1. The van der Waals surface area contributed by atoms with Gasteiger partial charge in [0.15, 0.2) is 0 Å². The van der Waals surface area contributed by atoms with Crippen LogP contribution in [0.15, 0.2) is 0 Å². The van der Waals surface area contributed by atoms with Crippen LogP contribution in [0, 0.1) is 0 Å². The molecule has 1 N–H and O–H groups in total. The predicted molar refractivity (Wildman–Crippen MR) is 74.3 cm³/mol. The fourth-order valence-electron chi connectivity index (χ4n) is 1.59. The van der Waals surface area contributed by atoms with Crippen LogP contribution in [0.1, 0.15) is 51.9 Å². The normalized spacial score (nSPS) is 12.1. The molecular weight excluding hydrogens is 313 g/mol. The van der Waals surface area contributed by atoms with Gasteiger partial charge in [-0.25, -0.2) is 21.6 Å². The van der Waals surface area contributed by atoms with Gasteiger partial charge in [0.05, 0.1) is 21.6 Å². The SMILES string of the molecule is CCCCCCCCCNS(=O)(=O)CCS(=O)(=O)[O-].[Na+]. The van der Waals surface area contributed by atoms with E-state index in [-0.39, 0.29) is 29.6 Å². The number of hydrogen-bond acceptors (Lipinski definition) is 5. The van der Waals surface area contributed by atoms with E-state index in [1.54, 1.807) is 0 Å². The number of unbranched alkanes of at least 4 members (excludes halogenated alkanes) is 6. The first-order chi connectivity index (χ1) is 8.77. The molecule has 0 atom stereocenters. The molecule has 0 aliphatic heterocycles. The molecular formula is C11H24NNaO5S2. The third-order valence-electron chi connectivity index (χ3n) is 2.70. The van der Waals surface area contributed by atoms with E-state index in [2.05, 4.69) is 11.6 Å². The molecule has 116 valence electrons. The maximum Gasteiger partial charge on any atom is 1.00 e. The Morgan fingerprint density at radius 1 is 0.850 bits per heavy atom. The monoisotopic (exact) mass is 337 g/mol. The quantitative estimate of drug-likeness (QED) is 0.257. The Balaban J connectivity index is 0. The van der Waals surface area contributed by atoms with Crippen LogP contribution in [0.5, 0.6) is 0 Å². The molecule has 0 bridgehead atoms. The summed E-state index contributed by atoms with van der Waals surface area (Å²) in [4.78, 5) is 0. The molecule has 0 saturated heterocycles. The smallest absolute Gasteiger partial charge is 0.748 e. The van der Waals surface area contributed by atoms with Gasteiger partial charge in [-0.3, -0.25) is 0 Å². The van der Waals surface area contributed by atoms with E-state index in [1.165, 1.54) is 19.3 Å². The van der Waals surface area contributed by atoms with Crippen molar-refractivity contribution in [3.8, 4) is 0 Å². The second-order valence-corrected chi connectivity index (χ2v) is 8.05. The molecule has 0 unspecified atom stereocenters. The molecule has 0 heterocycles. The van der Waals surface area contributed by atoms with Crippen LogP contribution in [0.2, 0.25) is 0 Å². The van der Waals surface area contributed by atoms with E-state index in [0.29, 0.717) is 6.54 Å². The zero-order valence-corrected chi connectivity index (χ0v) is 16.1. The summed E-state index contributed by atoms with van der Waals surface area (Å²) in [6, 6.07) is 0. The summed E-state index contributed by atoms with van der Waals surface area (Å²) < 4.78 is 56.0. The average molecular weight is 337 g/mol. The minimum Gasteiger partial charge on any atom is -0.748 e. The Morgan fingerprint density at radius 3 is 1.85 bits per heavy atom. The van der Waals surface area contributed by atoms with Crippen LogP contribution < -0.4 is 34.3 Å². The van der Waals surface area contributed by atoms with E-state index in [4.69, 9.17) is 0 Å². The Bertz CT molecular complexity index is 422. The first-order valence-electron chi connectivity index (χ1n) is 6.68. The van der Waals surface area contributed by atoms with Gasteiger partial charge in [-0.15, -0.1) is 0 Å². The first-order valence-corrected chi connectivity index (χ1v) is 9.91. The summed E-state index contributed by atoms with van der Waals surface area (Å²) in [6.45, 7) is 2.45. The van der Waals surface area contributed by atoms with Crippen molar-refractivity contribution in [3.05, 3.63) is 0 Å². The van der Waals surface area contributed by atoms with Crippen molar-refractivity contribution in [2.24, 2.45) is 0 Å². The molecule has 6 nitrogen and oxygen atoms in total. The van der Waals surface area contributed by atoms with Gasteiger partial charge in [-0.1, -0.05) is 45.4 Å². The standard InChI is InChI=1S/C11H25NO5S2.Na/c1-2-3-4-5-6-7-8-9-12-18(13,14)10-11-19(15,16)17;/h12H,2-11H2,1H3,(H,15,16,17);/q;+1/p-1. The van der Waals surface area contributed by atoms with Crippen LogP contribution in [-0.2, 0) is 20.1 Å². The molecule has 20 heavy (non-hydrogen) atoms. The van der Waals surface area contributed by atoms with Gasteiger partial charge in [0.25, 0.3) is 0 Å². The minimum absolute atomic E-state index is 0. The zero-order chi connectivity index (χ0) is 14.8. The van der Waals surface area contributed by atoms with Gasteiger partial charge < -0.3 is 4.55 Å². The molecule has 0 rings (SSSR count). The molecule has 0 aromatic carbocycles. The van der Waals surface area contributed by atoms with Crippen molar-refractivity contribution in [2.45, 2.75) is 51.9 Å². The molecule has 0 saturated carbocycles. The third-order valence-corrected chi connectivity index (χ3v) is 5.05. The molecule has 0 fully saturated rings. The maximum atomic E-state index is 11.3. The summed E-state index contributed by atoms with van der Waals surface area (Å²) in [6.07, 6.45) is 7.57. The van der Waals surface area contributed by atoms with Gasteiger partial charge in [-0.05, 0) is 6.42 Å². The van der Waals surface area contributed by atoms with Gasteiger partial charge in [0, 0.05) is 6.54 Å². The molecule has 0 radical (unpaired) electrons. The predicted octanol–water partition coefficient (Wildman–Crippen LogP) is -1.79. The summed E-state index contributed by atoms with van der Waals surface area (Å²) in [5.74, 6) is -1.53. The van der Waals surface area contributed by atoms with Gasteiger partial charge >= 0.3 is 29.6 Å². The van der Waals surface area contributed by atoms with Crippen LogP contribution in [0.3, 0.4) is 0 Å². The van der Waals surface area contributed by atoms with Crippen LogP contribution >= 0.6 is 0 Å². The Kier molecular flexibility index (Phi) is 14.3.